The quantitative estimate of drug-likeness (QED) is 0.821. The number of anilines is 1. The van der Waals surface area contributed by atoms with Crippen molar-refractivity contribution >= 4 is 23.4 Å². The number of para-hydroxylation sites is 1. The van der Waals surface area contributed by atoms with E-state index in [1.165, 1.54) is 11.8 Å². The van der Waals surface area contributed by atoms with E-state index in [9.17, 15) is 4.79 Å². The fourth-order valence-corrected chi connectivity index (χ4v) is 5.11. The molecular formula is C20H24N4OS. The summed E-state index contributed by atoms with van der Waals surface area (Å²) in [6.45, 7) is 8.79. The Bertz CT molecular complexity index is 854. The van der Waals surface area contributed by atoms with E-state index >= 15 is 0 Å². The molecule has 2 aromatic rings. The zero-order chi connectivity index (χ0) is 18.5. The zero-order valence-corrected chi connectivity index (χ0v) is 16.4. The fraction of sp³-hybridized carbons (Fsp3) is 0.500. The minimum atomic E-state index is -0.294. The van der Waals surface area contributed by atoms with Gasteiger partial charge < -0.3 is 5.32 Å². The highest BCUT2D eigenvalue weighted by atomic mass is 32.2. The van der Waals surface area contributed by atoms with Crippen LogP contribution in [-0.4, -0.2) is 26.3 Å². The van der Waals surface area contributed by atoms with Crippen molar-refractivity contribution in [2.45, 2.75) is 62.3 Å². The molecule has 26 heavy (non-hydrogen) atoms. The van der Waals surface area contributed by atoms with E-state index in [0.29, 0.717) is 11.1 Å². The normalized spacial score (nSPS) is 26.4. The summed E-state index contributed by atoms with van der Waals surface area (Å²) in [6, 6.07) is 9.48. The molecule has 0 radical (unpaired) electrons. The Hall–Kier alpha value is -1.95. The average molecular weight is 369 g/mol. The molecule has 136 valence electrons. The molecule has 2 aliphatic carbocycles. The molecule has 1 heterocycles. The number of nitrogens with one attached hydrogen (secondary N) is 1. The van der Waals surface area contributed by atoms with Crippen LogP contribution in [0.25, 0.3) is 0 Å². The lowest BCUT2D eigenvalue weighted by Gasteiger charge is -2.33. The van der Waals surface area contributed by atoms with Gasteiger partial charge in [0.1, 0.15) is 0 Å². The summed E-state index contributed by atoms with van der Waals surface area (Å²) in [5, 5.41) is 12.1. The molecule has 1 aromatic carbocycles. The lowest BCUT2D eigenvalue weighted by atomic mass is 9.70. The van der Waals surface area contributed by atoms with Gasteiger partial charge in [0.2, 0.25) is 11.1 Å². The van der Waals surface area contributed by atoms with E-state index in [1.807, 2.05) is 37.3 Å². The van der Waals surface area contributed by atoms with Crippen LogP contribution in [0.4, 0.5) is 5.69 Å². The van der Waals surface area contributed by atoms with E-state index in [-0.39, 0.29) is 22.0 Å². The Balaban J connectivity index is 1.51. The molecule has 1 N–H and O–H groups in total. The number of hydrogen-bond acceptors (Lipinski definition) is 5. The van der Waals surface area contributed by atoms with Crippen molar-refractivity contribution in [2.24, 2.45) is 5.41 Å². The van der Waals surface area contributed by atoms with Gasteiger partial charge in [-0.15, -0.1) is 5.10 Å². The molecule has 1 aromatic heterocycles. The van der Waals surface area contributed by atoms with Crippen LogP contribution in [0.2, 0.25) is 0 Å². The summed E-state index contributed by atoms with van der Waals surface area (Å²) in [7, 11) is 0. The average Bonchev–Trinajstić information content (AvgIpc) is 2.94. The van der Waals surface area contributed by atoms with Gasteiger partial charge in [0.05, 0.1) is 16.6 Å². The third-order valence-electron chi connectivity index (χ3n) is 6.47. The number of aromatic nitrogens is 3. The number of benzene rings is 1. The summed E-state index contributed by atoms with van der Waals surface area (Å²) in [6.07, 6.45) is 2.31. The highest BCUT2D eigenvalue weighted by Gasteiger charge is 2.61. The van der Waals surface area contributed by atoms with Crippen LogP contribution in [0, 0.1) is 5.41 Å². The Kier molecular flexibility index (Phi) is 4.06. The van der Waals surface area contributed by atoms with Gasteiger partial charge in [0.25, 0.3) is 0 Å². The van der Waals surface area contributed by atoms with Crippen LogP contribution in [0.15, 0.2) is 35.5 Å². The van der Waals surface area contributed by atoms with E-state index in [0.717, 1.165) is 29.9 Å². The minimum Gasteiger partial charge on any atom is -0.325 e. The van der Waals surface area contributed by atoms with Gasteiger partial charge in [-0.3, -0.25) is 4.79 Å². The van der Waals surface area contributed by atoms with Crippen molar-refractivity contribution in [1.82, 2.24) is 15.2 Å². The smallest absolute Gasteiger partial charge is 0.237 e. The van der Waals surface area contributed by atoms with Crippen LogP contribution >= 0.6 is 11.8 Å². The maximum Gasteiger partial charge on any atom is 0.237 e. The number of thioether (sulfide) groups is 1. The van der Waals surface area contributed by atoms with Crippen molar-refractivity contribution in [1.29, 1.82) is 0 Å². The highest BCUT2D eigenvalue weighted by Crippen LogP contribution is 2.66. The highest BCUT2D eigenvalue weighted by molar-refractivity contribution is 8.00. The SMILES string of the molecule is C[C@H](Sc1nnc2c(n1)[C@H]1CC[C@@]2(C)C1(C)C)C(=O)Nc1ccccc1. The van der Waals surface area contributed by atoms with Crippen LogP contribution in [-0.2, 0) is 10.2 Å². The predicted octanol–water partition coefficient (Wildman–Crippen LogP) is 4.17. The van der Waals surface area contributed by atoms with Crippen molar-refractivity contribution in [3.63, 3.8) is 0 Å². The summed E-state index contributed by atoms with van der Waals surface area (Å²) in [5.41, 5.74) is 3.18. The Morgan fingerprint density at radius 1 is 1.23 bits per heavy atom. The first-order valence-electron chi connectivity index (χ1n) is 9.10. The van der Waals surface area contributed by atoms with Crippen LogP contribution in [0.1, 0.15) is 57.8 Å². The lowest BCUT2D eigenvalue weighted by molar-refractivity contribution is -0.115. The standard InChI is InChI=1S/C20H24N4OS/c1-12(17(25)21-13-8-6-5-7-9-13)26-18-22-15-14-10-11-20(4,19(14,2)3)16(15)23-24-18/h5-9,12,14H,10-11H2,1-4H3,(H,21,25)/t12-,14+,20+/m0/s1. The molecule has 6 heteroatoms. The molecule has 2 bridgehead atoms. The van der Waals surface area contributed by atoms with Gasteiger partial charge in [0.15, 0.2) is 0 Å². The molecule has 0 aliphatic heterocycles. The molecule has 1 amide bonds. The third kappa shape index (κ3) is 2.54. The number of fused-ring (bicyclic) bond motifs is 5. The second kappa shape index (κ2) is 6.05. The molecule has 4 rings (SSSR count). The number of rotatable bonds is 4. The first-order valence-corrected chi connectivity index (χ1v) is 9.98. The van der Waals surface area contributed by atoms with E-state index in [2.05, 4.69) is 36.3 Å². The number of nitrogens with zero attached hydrogens (tertiary/aromatic N) is 3. The van der Waals surface area contributed by atoms with Crippen molar-refractivity contribution in [2.75, 3.05) is 5.32 Å². The molecule has 0 saturated heterocycles. The van der Waals surface area contributed by atoms with E-state index in [4.69, 9.17) is 4.98 Å². The number of amides is 1. The lowest BCUT2D eigenvalue weighted by Crippen LogP contribution is -2.32. The molecule has 0 unspecified atom stereocenters. The second-order valence-electron chi connectivity index (χ2n) is 8.09. The Morgan fingerprint density at radius 2 is 1.96 bits per heavy atom. The third-order valence-corrected chi connectivity index (χ3v) is 7.42. The van der Waals surface area contributed by atoms with Crippen LogP contribution < -0.4 is 5.32 Å². The Labute approximate surface area is 158 Å². The first-order chi connectivity index (χ1) is 12.3. The van der Waals surface area contributed by atoms with Gasteiger partial charge in [-0.25, -0.2) is 4.98 Å². The maximum atomic E-state index is 12.4. The monoisotopic (exact) mass is 368 g/mol. The predicted molar refractivity (Wildman–Crippen MR) is 103 cm³/mol. The number of hydrogen-bond donors (Lipinski definition) is 1. The van der Waals surface area contributed by atoms with Crippen LogP contribution in [0.5, 0.6) is 0 Å². The minimum absolute atomic E-state index is 0.0564. The van der Waals surface area contributed by atoms with Crippen molar-refractivity contribution in [3.05, 3.63) is 41.7 Å². The summed E-state index contributed by atoms with van der Waals surface area (Å²) in [4.78, 5) is 17.2. The number of carbonyl (C=O) groups excluding carboxylic acids is 1. The first kappa shape index (κ1) is 17.5. The second-order valence-corrected chi connectivity index (χ2v) is 9.40. The van der Waals surface area contributed by atoms with Gasteiger partial charge >= 0.3 is 0 Å². The van der Waals surface area contributed by atoms with Crippen LogP contribution in [0.3, 0.4) is 0 Å². The van der Waals surface area contributed by atoms with E-state index < -0.39 is 0 Å². The molecule has 2 aliphatic rings. The summed E-state index contributed by atoms with van der Waals surface area (Å²) in [5.74, 6) is 0.380. The van der Waals surface area contributed by atoms with Crippen molar-refractivity contribution < 1.29 is 4.79 Å². The molecule has 5 nitrogen and oxygen atoms in total. The van der Waals surface area contributed by atoms with Gasteiger partial charge in [-0.05, 0) is 37.3 Å². The van der Waals surface area contributed by atoms with Gasteiger partial charge in [0, 0.05) is 17.0 Å². The zero-order valence-electron chi connectivity index (χ0n) is 15.6. The van der Waals surface area contributed by atoms with Gasteiger partial charge in [-0.2, -0.15) is 5.10 Å². The summed E-state index contributed by atoms with van der Waals surface area (Å²) < 4.78 is 0. The van der Waals surface area contributed by atoms with E-state index in [1.54, 1.807) is 0 Å². The largest absolute Gasteiger partial charge is 0.325 e. The number of carbonyl (C=O) groups is 1. The topological polar surface area (TPSA) is 67.8 Å². The Morgan fingerprint density at radius 3 is 2.69 bits per heavy atom. The molecular weight excluding hydrogens is 344 g/mol. The summed E-state index contributed by atoms with van der Waals surface area (Å²) >= 11 is 1.37. The fourth-order valence-electron chi connectivity index (χ4n) is 4.39. The van der Waals surface area contributed by atoms with Crippen molar-refractivity contribution in [3.8, 4) is 0 Å². The molecule has 1 fully saturated rings. The van der Waals surface area contributed by atoms with Gasteiger partial charge in [-0.1, -0.05) is 50.7 Å². The molecule has 3 atom stereocenters. The maximum absolute atomic E-state index is 12.4. The molecule has 0 spiro atoms. The molecule has 1 saturated carbocycles.